The lowest BCUT2D eigenvalue weighted by Crippen LogP contribution is -2.17. The van der Waals surface area contributed by atoms with Gasteiger partial charge in [-0.25, -0.2) is 14.4 Å². The molecule has 0 aliphatic carbocycles. The van der Waals surface area contributed by atoms with Crippen molar-refractivity contribution in [1.82, 2.24) is 19.5 Å². The van der Waals surface area contributed by atoms with Gasteiger partial charge in [0, 0.05) is 6.42 Å². The van der Waals surface area contributed by atoms with Gasteiger partial charge in [-0.2, -0.15) is 0 Å². The smallest absolute Gasteiger partial charge is 0.278 e. The van der Waals surface area contributed by atoms with Crippen LogP contribution in [0.1, 0.15) is 12.6 Å². The third-order valence-corrected chi connectivity index (χ3v) is 2.97. The maximum atomic E-state index is 13.8. The molecule has 3 heterocycles. The number of halogens is 1. The molecular weight excluding hydrogens is 259 g/mol. The van der Waals surface area contributed by atoms with Gasteiger partial charge in [0.25, 0.3) is 5.56 Å². The second kappa shape index (κ2) is 5.03. The highest BCUT2D eigenvalue weighted by molar-refractivity contribution is 5.68. The predicted octanol–water partition coefficient (Wildman–Crippen LogP) is -1.09. The van der Waals surface area contributed by atoms with Crippen LogP contribution in [-0.4, -0.2) is 49.0 Å². The van der Waals surface area contributed by atoms with Crippen molar-refractivity contribution < 1.29 is 19.7 Å². The molecule has 0 amide bonds. The van der Waals surface area contributed by atoms with Crippen LogP contribution in [0.2, 0.25) is 0 Å². The highest BCUT2D eigenvalue weighted by Gasteiger charge is 2.37. The first kappa shape index (κ1) is 13.6. The summed E-state index contributed by atoms with van der Waals surface area (Å²) in [4.78, 5) is 21.7. The van der Waals surface area contributed by atoms with E-state index in [1.807, 2.05) is 0 Å². The Kier molecular flexibility index (Phi) is 3.60. The fourth-order valence-electron chi connectivity index (χ4n) is 2.11. The number of nitrogens with one attached hydrogen (secondary N) is 1. The number of fused-ring (bicyclic) bond motifs is 1. The molecule has 0 bridgehead atoms. The predicted molar refractivity (Wildman–Crippen MR) is 62.3 cm³/mol. The topological polar surface area (TPSA) is 125 Å². The molecule has 2 aromatic rings. The van der Waals surface area contributed by atoms with Crippen LogP contribution in [0.15, 0.2) is 17.4 Å². The van der Waals surface area contributed by atoms with Crippen molar-refractivity contribution in [2.75, 3.05) is 6.61 Å². The zero-order valence-corrected chi connectivity index (χ0v) is 9.78. The summed E-state index contributed by atoms with van der Waals surface area (Å²) in [5.41, 5.74) is 0.0246. The molecular formula is C10H13FN4O4. The van der Waals surface area contributed by atoms with Crippen LogP contribution in [0.5, 0.6) is 0 Å². The SMILES string of the molecule is O.O=c1[nH]cnc2c1ncn2[C@@H]1O[C@H](CO)CC1F. The van der Waals surface area contributed by atoms with Gasteiger partial charge in [0.2, 0.25) is 0 Å². The normalized spacial score (nSPS) is 26.5. The number of imidazole rings is 1. The summed E-state index contributed by atoms with van der Waals surface area (Å²) in [6.07, 6.45) is -0.0331. The number of aromatic nitrogens is 4. The van der Waals surface area contributed by atoms with Gasteiger partial charge in [-0.05, 0) is 0 Å². The zero-order valence-electron chi connectivity index (χ0n) is 9.78. The minimum atomic E-state index is -1.26. The van der Waals surface area contributed by atoms with Gasteiger partial charge in [0.05, 0.1) is 25.4 Å². The van der Waals surface area contributed by atoms with E-state index in [0.29, 0.717) is 0 Å². The van der Waals surface area contributed by atoms with Crippen molar-refractivity contribution >= 4 is 11.2 Å². The summed E-state index contributed by atoms with van der Waals surface area (Å²) in [5, 5.41) is 8.97. The molecule has 1 saturated heterocycles. The number of aliphatic hydroxyl groups is 1. The van der Waals surface area contributed by atoms with Gasteiger partial charge in [-0.15, -0.1) is 0 Å². The molecule has 0 saturated carbocycles. The number of H-pyrrole nitrogens is 1. The van der Waals surface area contributed by atoms with Gasteiger partial charge in [0.1, 0.15) is 6.17 Å². The number of nitrogens with zero attached hydrogens (tertiary/aromatic N) is 3. The summed E-state index contributed by atoms with van der Waals surface area (Å²) in [6, 6.07) is 0. The second-order valence-corrected chi connectivity index (χ2v) is 4.14. The molecule has 0 spiro atoms. The Morgan fingerprint density at radius 3 is 3.05 bits per heavy atom. The van der Waals surface area contributed by atoms with Crippen molar-refractivity contribution in [3.05, 3.63) is 23.0 Å². The van der Waals surface area contributed by atoms with Crippen LogP contribution >= 0.6 is 0 Å². The van der Waals surface area contributed by atoms with Crippen LogP contribution in [0.3, 0.4) is 0 Å². The van der Waals surface area contributed by atoms with E-state index in [0.717, 1.165) is 0 Å². The van der Waals surface area contributed by atoms with Crippen LogP contribution in [-0.2, 0) is 4.74 Å². The monoisotopic (exact) mass is 272 g/mol. The summed E-state index contributed by atoms with van der Waals surface area (Å²) in [5.74, 6) is 0. The molecule has 3 rings (SSSR count). The van der Waals surface area contributed by atoms with Gasteiger partial charge >= 0.3 is 0 Å². The first-order valence-electron chi connectivity index (χ1n) is 5.51. The van der Waals surface area contributed by atoms with E-state index in [2.05, 4.69) is 15.0 Å². The van der Waals surface area contributed by atoms with Crippen LogP contribution in [0.4, 0.5) is 4.39 Å². The van der Waals surface area contributed by atoms with Gasteiger partial charge < -0.3 is 20.3 Å². The van der Waals surface area contributed by atoms with Crippen molar-refractivity contribution in [1.29, 1.82) is 0 Å². The summed E-state index contributed by atoms with van der Waals surface area (Å²) < 4.78 is 20.6. The number of aliphatic hydroxyl groups excluding tert-OH is 1. The standard InChI is InChI=1S/C10H11FN4O3.H2O/c11-6-1-5(2-16)18-10(6)15-4-14-7-8(15)12-3-13-9(7)17;/h3-6,10,16H,1-2H2,(H,12,13,17);1H2/t5-,6?,10+;/m0./s1. The number of aromatic amines is 1. The number of hydrogen-bond donors (Lipinski definition) is 2. The molecule has 8 nitrogen and oxygen atoms in total. The Balaban J connectivity index is 0.00000133. The highest BCUT2D eigenvalue weighted by atomic mass is 19.1. The lowest BCUT2D eigenvalue weighted by molar-refractivity contribution is -0.0351. The molecule has 4 N–H and O–H groups in total. The maximum absolute atomic E-state index is 13.8. The average molecular weight is 272 g/mol. The lowest BCUT2D eigenvalue weighted by atomic mass is 10.2. The maximum Gasteiger partial charge on any atom is 0.278 e. The quantitative estimate of drug-likeness (QED) is 0.718. The summed E-state index contributed by atoms with van der Waals surface area (Å²) in [6.45, 7) is -0.239. The van der Waals surface area contributed by atoms with E-state index >= 15 is 0 Å². The summed E-state index contributed by atoms with van der Waals surface area (Å²) >= 11 is 0. The molecule has 9 heteroatoms. The fraction of sp³-hybridized carbons (Fsp3) is 0.500. The number of ether oxygens (including phenoxy) is 1. The molecule has 0 radical (unpaired) electrons. The van der Waals surface area contributed by atoms with E-state index in [4.69, 9.17) is 9.84 Å². The van der Waals surface area contributed by atoms with E-state index in [-0.39, 0.29) is 35.2 Å². The minimum absolute atomic E-state index is 0. The molecule has 1 fully saturated rings. The average Bonchev–Trinajstić information content (AvgIpc) is 2.93. The molecule has 1 aliphatic rings. The van der Waals surface area contributed by atoms with Crippen molar-refractivity contribution in [3.63, 3.8) is 0 Å². The molecule has 3 atom stereocenters. The molecule has 19 heavy (non-hydrogen) atoms. The largest absolute Gasteiger partial charge is 0.412 e. The third kappa shape index (κ3) is 2.11. The van der Waals surface area contributed by atoms with E-state index < -0.39 is 18.5 Å². The Morgan fingerprint density at radius 2 is 2.37 bits per heavy atom. The van der Waals surface area contributed by atoms with E-state index in [1.165, 1.54) is 17.2 Å². The Labute approximate surface area is 106 Å². The minimum Gasteiger partial charge on any atom is -0.412 e. The summed E-state index contributed by atoms with van der Waals surface area (Å²) in [7, 11) is 0. The molecule has 1 unspecified atom stereocenters. The number of hydrogen-bond acceptors (Lipinski definition) is 5. The molecule has 2 aromatic heterocycles. The second-order valence-electron chi connectivity index (χ2n) is 4.14. The van der Waals surface area contributed by atoms with E-state index in [1.54, 1.807) is 0 Å². The van der Waals surface area contributed by atoms with Crippen LogP contribution in [0.25, 0.3) is 11.2 Å². The first-order valence-corrected chi connectivity index (χ1v) is 5.51. The molecule has 104 valence electrons. The first-order chi connectivity index (χ1) is 8.70. The van der Waals surface area contributed by atoms with Gasteiger partial charge in [-0.3, -0.25) is 9.36 Å². The zero-order chi connectivity index (χ0) is 12.7. The Hall–Kier alpha value is -1.84. The van der Waals surface area contributed by atoms with Gasteiger partial charge in [-0.1, -0.05) is 0 Å². The van der Waals surface area contributed by atoms with E-state index in [9.17, 15) is 9.18 Å². The number of rotatable bonds is 2. The highest BCUT2D eigenvalue weighted by Crippen LogP contribution is 2.32. The fourth-order valence-corrected chi connectivity index (χ4v) is 2.11. The van der Waals surface area contributed by atoms with Crippen molar-refractivity contribution in [2.45, 2.75) is 24.9 Å². The van der Waals surface area contributed by atoms with Gasteiger partial charge in [0.15, 0.2) is 17.4 Å². The van der Waals surface area contributed by atoms with Crippen LogP contribution in [0, 0.1) is 0 Å². The van der Waals surface area contributed by atoms with Crippen LogP contribution < -0.4 is 5.56 Å². The van der Waals surface area contributed by atoms with Crippen molar-refractivity contribution in [3.8, 4) is 0 Å². The molecule has 1 aliphatic heterocycles. The van der Waals surface area contributed by atoms with Crippen molar-refractivity contribution in [2.24, 2.45) is 0 Å². The third-order valence-electron chi connectivity index (χ3n) is 2.97. The number of alkyl halides is 1. The Bertz CT molecular complexity index is 627. The Morgan fingerprint density at radius 1 is 1.58 bits per heavy atom. The lowest BCUT2D eigenvalue weighted by Gasteiger charge is -2.14. The molecule has 0 aromatic carbocycles.